The Hall–Kier alpha value is -3.56. The highest BCUT2D eigenvalue weighted by Gasteiger charge is 2.30. The first kappa shape index (κ1) is 23.6. The van der Waals surface area contributed by atoms with Gasteiger partial charge in [0.1, 0.15) is 17.4 Å². The molecule has 0 aliphatic carbocycles. The zero-order valence-corrected chi connectivity index (χ0v) is 19.4. The molecule has 10 nitrogen and oxygen atoms in total. The SMILES string of the molecule is Cc1cc2cc(N/C(=C/[N+](=O)[O-])NC3CCCCCN(CC(=O)N4CCCC4)C3=O)ccc2o1. The third-order valence-corrected chi connectivity index (χ3v) is 6.30. The van der Waals surface area contributed by atoms with Gasteiger partial charge < -0.3 is 24.9 Å². The number of benzene rings is 1. The number of carbonyl (C=O) groups excluding carboxylic acids is 2. The predicted octanol–water partition coefficient (Wildman–Crippen LogP) is 3.21. The minimum Gasteiger partial charge on any atom is -0.461 e. The number of furan rings is 1. The fourth-order valence-corrected chi connectivity index (χ4v) is 4.61. The van der Waals surface area contributed by atoms with E-state index in [1.807, 2.05) is 24.0 Å². The number of fused-ring (bicyclic) bond motifs is 1. The molecule has 0 radical (unpaired) electrons. The van der Waals surface area contributed by atoms with E-state index in [0.29, 0.717) is 18.7 Å². The van der Waals surface area contributed by atoms with Gasteiger partial charge in [0, 0.05) is 30.7 Å². The number of aryl methyl sites for hydroxylation is 1. The number of rotatable bonds is 7. The second-order valence-electron chi connectivity index (χ2n) is 8.96. The molecule has 4 rings (SSSR count). The molecule has 0 spiro atoms. The number of anilines is 1. The number of nitrogens with zero attached hydrogens (tertiary/aromatic N) is 3. The van der Waals surface area contributed by atoms with Crippen LogP contribution >= 0.6 is 0 Å². The van der Waals surface area contributed by atoms with Gasteiger partial charge in [0.15, 0.2) is 5.82 Å². The molecule has 2 N–H and O–H groups in total. The Balaban J connectivity index is 1.49. The lowest BCUT2D eigenvalue weighted by molar-refractivity contribution is -0.403. The molecule has 1 atom stereocenters. The Morgan fingerprint density at radius 3 is 2.71 bits per heavy atom. The van der Waals surface area contributed by atoms with Crippen molar-refractivity contribution in [1.29, 1.82) is 0 Å². The van der Waals surface area contributed by atoms with Crippen LogP contribution in [0.2, 0.25) is 0 Å². The second-order valence-corrected chi connectivity index (χ2v) is 8.96. The van der Waals surface area contributed by atoms with E-state index in [1.54, 1.807) is 17.0 Å². The third kappa shape index (κ3) is 5.86. The molecule has 1 unspecified atom stereocenters. The van der Waals surface area contributed by atoms with Gasteiger partial charge in [-0.15, -0.1) is 0 Å². The lowest BCUT2D eigenvalue weighted by Gasteiger charge is -2.31. The number of carbonyl (C=O) groups is 2. The maximum absolute atomic E-state index is 13.4. The Morgan fingerprint density at radius 1 is 1.18 bits per heavy atom. The summed E-state index contributed by atoms with van der Waals surface area (Å²) >= 11 is 0. The topological polar surface area (TPSA) is 121 Å². The van der Waals surface area contributed by atoms with Gasteiger partial charge in [-0.25, -0.2) is 0 Å². The van der Waals surface area contributed by atoms with Crippen LogP contribution < -0.4 is 10.6 Å². The molecule has 34 heavy (non-hydrogen) atoms. The van der Waals surface area contributed by atoms with Crippen molar-refractivity contribution >= 4 is 28.5 Å². The first-order valence-corrected chi connectivity index (χ1v) is 11.8. The summed E-state index contributed by atoms with van der Waals surface area (Å²) in [6.45, 7) is 3.89. The van der Waals surface area contributed by atoms with Gasteiger partial charge in [-0.1, -0.05) is 12.8 Å². The van der Waals surface area contributed by atoms with Crippen molar-refractivity contribution in [2.45, 2.75) is 51.5 Å². The second kappa shape index (κ2) is 10.6. The molecule has 10 heteroatoms. The Labute approximate surface area is 198 Å². The summed E-state index contributed by atoms with van der Waals surface area (Å²) in [5.74, 6) is 0.654. The van der Waals surface area contributed by atoms with Crippen LogP contribution in [-0.2, 0) is 9.59 Å². The van der Waals surface area contributed by atoms with E-state index in [0.717, 1.165) is 68.1 Å². The van der Waals surface area contributed by atoms with Crippen molar-refractivity contribution in [2.24, 2.45) is 0 Å². The molecule has 2 aromatic rings. The van der Waals surface area contributed by atoms with Crippen molar-refractivity contribution in [3.8, 4) is 0 Å². The van der Waals surface area contributed by atoms with E-state index in [4.69, 9.17) is 4.42 Å². The fourth-order valence-electron chi connectivity index (χ4n) is 4.61. The van der Waals surface area contributed by atoms with Crippen LogP contribution in [0, 0.1) is 17.0 Å². The molecule has 2 amide bonds. The smallest absolute Gasteiger partial charge is 0.274 e. The minimum absolute atomic E-state index is 0.0342. The highest BCUT2D eigenvalue weighted by atomic mass is 16.6. The molecular formula is C24H31N5O5. The summed E-state index contributed by atoms with van der Waals surface area (Å²) in [5.41, 5.74) is 1.36. The molecule has 3 heterocycles. The van der Waals surface area contributed by atoms with Crippen molar-refractivity contribution in [1.82, 2.24) is 15.1 Å². The van der Waals surface area contributed by atoms with Crippen molar-refractivity contribution < 1.29 is 18.9 Å². The first-order valence-electron chi connectivity index (χ1n) is 11.8. The highest BCUT2D eigenvalue weighted by molar-refractivity contribution is 5.88. The van der Waals surface area contributed by atoms with Crippen LogP contribution in [0.1, 0.15) is 44.3 Å². The Bertz CT molecular complexity index is 1090. The molecule has 1 aromatic heterocycles. The highest BCUT2D eigenvalue weighted by Crippen LogP contribution is 2.23. The fraction of sp³-hybridized carbons (Fsp3) is 0.500. The molecule has 2 saturated heterocycles. The average molecular weight is 470 g/mol. The maximum atomic E-state index is 13.4. The molecule has 2 aliphatic heterocycles. The zero-order valence-electron chi connectivity index (χ0n) is 19.4. The van der Waals surface area contributed by atoms with Crippen LogP contribution in [-0.4, -0.2) is 58.8 Å². The number of nitro groups is 1. The largest absolute Gasteiger partial charge is 0.461 e. The first-order chi connectivity index (χ1) is 16.4. The van der Waals surface area contributed by atoms with E-state index in [-0.39, 0.29) is 24.2 Å². The summed E-state index contributed by atoms with van der Waals surface area (Å²) in [6, 6.07) is 6.62. The van der Waals surface area contributed by atoms with Crippen molar-refractivity contribution in [2.75, 3.05) is 31.5 Å². The maximum Gasteiger partial charge on any atom is 0.274 e. The number of amides is 2. The standard InChI is InChI=1S/C24H31N5O5/c1-17-13-18-14-19(8-9-21(18)34-17)25-22(15-29(32)33)26-20-7-3-2-4-12-28(24(20)31)16-23(30)27-10-5-6-11-27/h8-9,13-15,20,25-26H,2-7,10-12,16H2,1H3/b22-15-. The predicted molar refractivity (Wildman–Crippen MR) is 127 cm³/mol. The lowest BCUT2D eigenvalue weighted by atomic mass is 10.0. The Morgan fingerprint density at radius 2 is 1.94 bits per heavy atom. The molecule has 1 aromatic carbocycles. The van der Waals surface area contributed by atoms with Crippen LogP contribution in [0.4, 0.5) is 5.69 Å². The third-order valence-electron chi connectivity index (χ3n) is 6.30. The van der Waals surface area contributed by atoms with Crippen LogP contribution in [0.5, 0.6) is 0 Å². The van der Waals surface area contributed by atoms with Crippen LogP contribution in [0.25, 0.3) is 11.0 Å². The monoisotopic (exact) mass is 469 g/mol. The molecule has 0 bridgehead atoms. The zero-order chi connectivity index (χ0) is 24.1. The number of hydrogen-bond acceptors (Lipinski definition) is 7. The van der Waals surface area contributed by atoms with E-state index in [9.17, 15) is 19.7 Å². The summed E-state index contributed by atoms with van der Waals surface area (Å²) in [5, 5.41) is 18.3. The van der Waals surface area contributed by atoms with E-state index in [2.05, 4.69) is 10.6 Å². The summed E-state index contributed by atoms with van der Waals surface area (Å²) < 4.78 is 5.59. The molecule has 2 fully saturated rings. The van der Waals surface area contributed by atoms with Gasteiger partial charge >= 0.3 is 0 Å². The quantitative estimate of drug-likeness (QED) is 0.472. The number of nitrogens with one attached hydrogen (secondary N) is 2. The van der Waals surface area contributed by atoms with Crippen molar-refractivity contribution in [3.63, 3.8) is 0 Å². The normalized spacial score (nSPS) is 19.7. The summed E-state index contributed by atoms with van der Waals surface area (Å²) in [4.78, 5) is 40.2. The van der Waals surface area contributed by atoms with E-state index < -0.39 is 11.0 Å². The molecule has 0 saturated carbocycles. The van der Waals surface area contributed by atoms with Gasteiger partial charge in [0.2, 0.25) is 11.8 Å². The van der Waals surface area contributed by atoms with Gasteiger partial charge in [-0.3, -0.25) is 19.7 Å². The minimum atomic E-state index is -0.662. The van der Waals surface area contributed by atoms with E-state index >= 15 is 0 Å². The van der Waals surface area contributed by atoms with Gasteiger partial charge in [0.25, 0.3) is 6.20 Å². The molecule has 2 aliphatic rings. The number of hydrogen-bond donors (Lipinski definition) is 2. The lowest BCUT2D eigenvalue weighted by Crippen LogP contribution is -2.51. The van der Waals surface area contributed by atoms with Gasteiger partial charge in [-0.05, 0) is 56.9 Å². The van der Waals surface area contributed by atoms with E-state index in [1.165, 1.54) is 0 Å². The average Bonchev–Trinajstić information content (AvgIpc) is 3.44. The Kier molecular flexibility index (Phi) is 7.34. The van der Waals surface area contributed by atoms with Crippen LogP contribution in [0.3, 0.4) is 0 Å². The summed E-state index contributed by atoms with van der Waals surface area (Å²) in [6.07, 6.45) is 5.94. The molecule has 182 valence electrons. The molecular weight excluding hydrogens is 438 g/mol. The van der Waals surface area contributed by atoms with Crippen molar-refractivity contribution in [3.05, 3.63) is 52.2 Å². The summed E-state index contributed by atoms with van der Waals surface area (Å²) in [7, 11) is 0. The van der Waals surface area contributed by atoms with Crippen LogP contribution in [0.15, 0.2) is 40.7 Å². The van der Waals surface area contributed by atoms with Gasteiger partial charge in [-0.2, -0.15) is 0 Å². The van der Waals surface area contributed by atoms with Gasteiger partial charge in [0.05, 0.1) is 11.5 Å². The number of likely N-dealkylation sites (tertiary alicyclic amines) is 2.